The van der Waals surface area contributed by atoms with Crippen molar-refractivity contribution in [1.29, 1.82) is 0 Å². The number of carbonyl (C=O) groups is 2. The Hall–Kier alpha value is -4.11. The number of carbonyl (C=O) groups excluding carboxylic acids is 2. The van der Waals surface area contributed by atoms with E-state index < -0.39 is 0 Å². The molecule has 2 N–H and O–H groups in total. The summed E-state index contributed by atoms with van der Waals surface area (Å²) in [5, 5.41) is 6.46. The van der Waals surface area contributed by atoms with Gasteiger partial charge >= 0.3 is 0 Å². The van der Waals surface area contributed by atoms with E-state index in [1.165, 1.54) is 11.3 Å². The number of nitrogens with one attached hydrogen (secondary N) is 2. The fourth-order valence-electron chi connectivity index (χ4n) is 7.66. The number of amides is 2. The van der Waals surface area contributed by atoms with E-state index in [1.54, 1.807) is 6.20 Å². The predicted octanol–water partition coefficient (Wildman–Crippen LogP) is 4.50. The van der Waals surface area contributed by atoms with Crippen molar-refractivity contribution in [2.75, 3.05) is 49.6 Å². The fraction of sp³-hybridized carbons (Fsp3) is 0.472. The third-order valence-electron chi connectivity index (χ3n) is 10.3. The summed E-state index contributed by atoms with van der Waals surface area (Å²) in [5.74, 6) is 1.65. The van der Waals surface area contributed by atoms with Gasteiger partial charge in [0.15, 0.2) is 0 Å². The maximum absolute atomic E-state index is 13.2. The van der Waals surface area contributed by atoms with Crippen LogP contribution in [0.2, 0.25) is 0 Å². The van der Waals surface area contributed by atoms with Gasteiger partial charge in [0, 0.05) is 73.7 Å². The Balaban J connectivity index is 0.939. The Kier molecular flexibility index (Phi) is 8.12. The van der Waals surface area contributed by atoms with E-state index in [1.807, 2.05) is 38.1 Å². The minimum Gasteiger partial charge on any atom is -0.493 e. The molecule has 45 heavy (non-hydrogen) atoms. The SMILES string of the molecule is Cc1c(C(=O)N[C@H]2C[C@H]3CC[C@@H](C2)N3c2ccc(C(=O)N[C@@H](C)c3ccc(N4CCN(C)CC4)cc3)cn2)ccc2c1OCC2. The molecule has 2 aromatic carbocycles. The third-order valence-corrected chi connectivity index (χ3v) is 10.3. The highest BCUT2D eigenvalue weighted by atomic mass is 16.5. The Morgan fingerprint density at radius 2 is 1.67 bits per heavy atom. The molecule has 5 heterocycles. The zero-order valence-electron chi connectivity index (χ0n) is 26.6. The number of hydrogen-bond donors (Lipinski definition) is 2. The summed E-state index contributed by atoms with van der Waals surface area (Å²) in [6.45, 7) is 8.90. The number of benzene rings is 2. The number of likely N-dealkylation sites (N-methyl/N-ethyl adjacent to an activating group) is 1. The molecule has 3 aromatic rings. The lowest BCUT2D eigenvalue weighted by Gasteiger charge is -2.40. The number of nitrogens with zero attached hydrogens (tertiary/aromatic N) is 4. The van der Waals surface area contributed by atoms with Gasteiger partial charge in [0.1, 0.15) is 11.6 Å². The van der Waals surface area contributed by atoms with Gasteiger partial charge in [-0.3, -0.25) is 9.59 Å². The van der Waals surface area contributed by atoms with Crippen molar-refractivity contribution in [3.05, 3.63) is 82.5 Å². The van der Waals surface area contributed by atoms with E-state index in [0.29, 0.717) is 29.8 Å². The largest absolute Gasteiger partial charge is 0.493 e. The molecule has 0 saturated carbocycles. The summed E-state index contributed by atoms with van der Waals surface area (Å²) in [7, 11) is 2.16. The summed E-state index contributed by atoms with van der Waals surface area (Å²) in [4.78, 5) is 38.3. The van der Waals surface area contributed by atoms with Crippen LogP contribution >= 0.6 is 0 Å². The van der Waals surface area contributed by atoms with E-state index >= 15 is 0 Å². The first-order chi connectivity index (χ1) is 21.8. The second-order valence-corrected chi connectivity index (χ2v) is 13.2. The fourth-order valence-corrected chi connectivity index (χ4v) is 7.66. The van der Waals surface area contributed by atoms with Crippen molar-refractivity contribution in [1.82, 2.24) is 20.5 Å². The molecule has 236 valence electrons. The van der Waals surface area contributed by atoms with Crippen LogP contribution in [-0.2, 0) is 6.42 Å². The first-order valence-corrected chi connectivity index (χ1v) is 16.5. The molecular formula is C36H44N6O3. The first kappa shape index (κ1) is 29.6. The predicted molar refractivity (Wildman–Crippen MR) is 176 cm³/mol. The van der Waals surface area contributed by atoms with Gasteiger partial charge in [0.2, 0.25) is 0 Å². The van der Waals surface area contributed by atoms with Crippen molar-refractivity contribution in [2.24, 2.45) is 0 Å². The number of piperidine rings is 1. The van der Waals surface area contributed by atoms with Crippen molar-refractivity contribution in [3.8, 4) is 5.75 Å². The number of fused-ring (bicyclic) bond motifs is 3. The number of hydrogen-bond acceptors (Lipinski definition) is 7. The minimum absolute atomic E-state index is 0.0163. The topological polar surface area (TPSA) is 90.0 Å². The highest BCUT2D eigenvalue weighted by Gasteiger charge is 2.42. The molecule has 4 aliphatic rings. The van der Waals surface area contributed by atoms with Gasteiger partial charge in [-0.1, -0.05) is 18.2 Å². The average molecular weight is 609 g/mol. The molecule has 4 atom stereocenters. The van der Waals surface area contributed by atoms with Gasteiger partial charge in [-0.25, -0.2) is 4.98 Å². The Morgan fingerprint density at radius 3 is 2.36 bits per heavy atom. The Labute approximate surface area is 265 Å². The van der Waals surface area contributed by atoms with Crippen LogP contribution in [0.25, 0.3) is 0 Å². The summed E-state index contributed by atoms with van der Waals surface area (Å²) in [5.41, 5.74) is 5.70. The van der Waals surface area contributed by atoms with Crippen molar-refractivity contribution in [3.63, 3.8) is 0 Å². The number of aromatic nitrogens is 1. The molecule has 9 heteroatoms. The van der Waals surface area contributed by atoms with Crippen LogP contribution in [0.4, 0.5) is 11.5 Å². The minimum atomic E-state index is -0.124. The number of pyridine rings is 1. The van der Waals surface area contributed by atoms with Crippen LogP contribution in [0.5, 0.6) is 5.75 Å². The summed E-state index contributed by atoms with van der Waals surface area (Å²) >= 11 is 0. The monoisotopic (exact) mass is 608 g/mol. The van der Waals surface area contributed by atoms with Gasteiger partial charge in [-0.15, -0.1) is 0 Å². The molecule has 4 aliphatic heterocycles. The molecule has 7 rings (SSSR count). The molecular weight excluding hydrogens is 564 g/mol. The highest BCUT2D eigenvalue weighted by Crippen LogP contribution is 2.39. The molecule has 0 radical (unpaired) electrons. The first-order valence-electron chi connectivity index (χ1n) is 16.5. The van der Waals surface area contributed by atoms with Crippen LogP contribution in [0.3, 0.4) is 0 Å². The molecule has 3 saturated heterocycles. The van der Waals surface area contributed by atoms with E-state index in [2.05, 4.69) is 56.6 Å². The zero-order valence-corrected chi connectivity index (χ0v) is 26.6. The van der Waals surface area contributed by atoms with Crippen molar-refractivity contribution < 1.29 is 14.3 Å². The van der Waals surface area contributed by atoms with Gasteiger partial charge in [-0.2, -0.15) is 0 Å². The molecule has 0 spiro atoms. The van der Waals surface area contributed by atoms with Gasteiger partial charge in [-0.05, 0) is 88.0 Å². The number of rotatable bonds is 7. The lowest BCUT2D eigenvalue weighted by Crippen LogP contribution is -2.50. The van der Waals surface area contributed by atoms with Gasteiger partial charge < -0.3 is 30.1 Å². The second-order valence-electron chi connectivity index (χ2n) is 13.2. The molecule has 9 nitrogen and oxygen atoms in total. The van der Waals surface area contributed by atoms with E-state index in [0.717, 1.165) is 81.0 Å². The van der Waals surface area contributed by atoms with Gasteiger partial charge in [0.05, 0.1) is 18.2 Å². The normalized spacial score (nSPS) is 23.3. The molecule has 3 fully saturated rings. The second kappa shape index (κ2) is 12.4. The van der Waals surface area contributed by atoms with Crippen molar-refractivity contribution >= 4 is 23.3 Å². The number of ether oxygens (including phenoxy) is 1. The number of anilines is 2. The summed E-state index contributed by atoms with van der Waals surface area (Å²) in [6.07, 6.45) is 6.54. The van der Waals surface area contributed by atoms with E-state index in [9.17, 15) is 9.59 Å². The summed E-state index contributed by atoms with van der Waals surface area (Å²) in [6, 6.07) is 17.0. The Morgan fingerprint density at radius 1 is 0.933 bits per heavy atom. The molecule has 1 aromatic heterocycles. The van der Waals surface area contributed by atoms with Crippen LogP contribution in [-0.4, -0.2) is 79.7 Å². The zero-order chi connectivity index (χ0) is 31.1. The molecule has 0 unspecified atom stereocenters. The molecule has 2 bridgehead atoms. The van der Waals surface area contributed by atoms with Crippen LogP contribution < -0.4 is 25.2 Å². The van der Waals surface area contributed by atoms with Gasteiger partial charge in [0.25, 0.3) is 11.8 Å². The standard InChI is InChI=1S/C36H44N6O3/c1-23-32(12-6-26-14-19-45-34(23)26)36(44)39-28-20-30-10-11-31(21-28)42(30)33-13-7-27(22-37-33)35(43)38-24(2)25-4-8-29(9-5-25)41-17-15-40(3)16-18-41/h4-9,12-13,22,24,28,30-31H,10-11,14-21H2,1-3H3,(H,38,43)(H,39,44)/t24-,28-,30+,31-/m0/s1. The van der Waals surface area contributed by atoms with Crippen molar-refractivity contribution in [2.45, 2.75) is 70.1 Å². The highest BCUT2D eigenvalue weighted by molar-refractivity contribution is 5.97. The van der Waals surface area contributed by atoms with E-state index in [4.69, 9.17) is 9.72 Å². The third kappa shape index (κ3) is 5.98. The summed E-state index contributed by atoms with van der Waals surface area (Å²) < 4.78 is 5.78. The van der Waals surface area contributed by atoms with Crippen LogP contribution in [0, 0.1) is 6.92 Å². The van der Waals surface area contributed by atoms with Crippen LogP contribution in [0.1, 0.15) is 76.1 Å². The maximum Gasteiger partial charge on any atom is 0.253 e. The smallest absolute Gasteiger partial charge is 0.253 e. The lowest BCUT2D eigenvalue weighted by molar-refractivity contribution is 0.0922. The maximum atomic E-state index is 13.2. The van der Waals surface area contributed by atoms with Crippen LogP contribution in [0.15, 0.2) is 54.7 Å². The molecule has 0 aliphatic carbocycles. The quantitative estimate of drug-likeness (QED) is 0.409. The lowest BCUT2D eigenvalue weighted by atomic mass is 9.96. The number of piperazine rings is 1. The average Bonchev–Trinajstić information content (AvgIpc) is 3.64. The van der Waals surface area contributed by atoms with E-state index in [-0.39, 0.29) is 23.9 Å². The Bertz CT molecular complexity index is 1540. The molecule has 2 amide bonds.